The minimum absolute atomic E-state index is 0.158. The van der Waals surface area contributed by atoms with Gasteiger partial charge in [-0.2, -0.15) is 0 Å². The van der Waals surface area contributed by atoms with Gasteiger partial charge in [-0.15, -0.1) is 13.2 Å². The number of hydrogen-bond acceptors (Lipinski definition) is 7. The highest BCUT2D eigenvalue weighted by Gasteiger charge is 2.25. The molecule has 0 bridgehead atoms. The van der Waals surface area contributed by atoms with Crippen molar-refractivity contribution in [3.63, 3.8) is 0 Å². The van der Waals surface area contributed by atoms with Crippen molar-refractivity contribution in [3.05, 3.63) is 86.0 Å². The lowest BCUT2D eigenvalue weighted by atomic mass is 10.3. The van der Waals surface area contributed by atoms with Gasteiger partial charge in [0.25, 0.3) is 0 Å². The fraction of sp³-hybridized carbons (Fsp3) is 0.385. The van der Waals surface area contributed by atoms with Gasteiger partial charge in [-0.05, 0) is 24.3 Å². The lowest BCUT2D eigenvalue weighted by Gasteiger charge is -2.23. The van der Waals surface area contributed by atoms with E-state index in [-0.39, 0.29) is 26.4 Å². The Bertz CT molecular complexity index is 808. The predicted molar refractivity (Wildman–Crippen MR) is 135 cm³/mol. The molecule has 2 rings (SSSR count). The summed E-state index contributed by atoms with van der Waals surface area (Å²) in [5, 5.41) is 0. The Labute approximate surface area is 207 Å². The van der Waals surface area contributed by atoms with E-state index < -0.39 is 32.3 Å². The van der Waals surface area contributed by atoms with Crippen molar-refractivity contribution in [2.75, 3.05) is 52.3 Å². The zero-order valence-corrected chi connectivity index (χ0v) is 20.8. The average molecular weight is 507 g/mol. The monoisotopic (exact) mass is 506 g/mol. The van der Waals surface area contributed by atoms with Crippen molar-refractivity contribution in [1.82, 2.24) is 0 Å². The first kappa shape index (κ1) is 28.8. The first-order chi connectivity index (χ1) is 17.0. The zero-order chi connectivity index (χ0) is 25.2. The maximum Gasteiger partial charge on any atom is 0.250 e. The molecule has 2 unspecified atom stereocenters. The van der Waals surface area contributed by atoms with Gasteiger partial charge in [0, 0.05) is 0 Å². The maximum absolute atomic E-state index is 12.7. The normalized spacial score (nSPS) is 14.4. The second kappa shape index (κ2) is 17.1. The van der Waals surface area contributed by atoms with Gasteiger partial charge < -0.3 is 33.3 Å². The molecule has 2 atom stereocenters. The first-order valence-corrected chi connectivity index (χ1v) is 13.3. The topological polar surface area (TPSA) is 92.7 Å². The second-order valence-electron chi connectivity index (χ2n) is 7.58. The quantitative estimate of drug-likeness (QED) is 0.159. The Hall–Kier alpha value is -2.45. The van der Waals surface area contributed by atoms with E-state index in [1.165, 1.54) is 0 Å². The molecule has 0 heterocycles. The molecular formula is C26H35O8P. The van der Waals surface area contributed by atoms with Crippen LogP contribution in [0.1, 0.15) is 0 Å². The minimum atomic E-state index is -3.78. The third-order valence-corrected chi connectivity index (χ3v) is 5.57. The summed E-state index contributed by atoms with van der Waals surface area (Å²) in [5.41, 5.74) is 0. The Morgan fingerprint density at radius 3 is 1.49 bits per heavy atom. The molecule has 0 fully saturated rings. The second-order valence-corrected chi connectivity index (χ2v) is 9.79. The van der Waals surface area contributed by atoms with Crippen LogP contribution in [-0.2, 0) is 23.5 Å². The van der Waals surface area contributed by atoms with Crippen LogP contribution in [0.5, 0.6) is 11.5 Å². The van der Waals surface area contributed by atoms with Gasteiger partial charge in [-0.25, -0.2) is 0 Å². The van der Waals surface area contributed by atoms with E-state index in [9.17, 15) is 9.46 Å². The molecular weight excluding hydrogens is 471 g/mol. The van der Waals surface area contributed by atoms with Gasteiger partial charge in [0.2, 0.25) is 7.37 Å². The molecule has 2 aromatic rings. The van der Waals surface area contributed by atoms with Crippen LogP contribution in [0.4, 0.5) is 0 Å². The van der Waals surface area contributed by atoms with Crippen LogP contribution in [-0.4, -0.2) is 69.4 Å². The van der Waals surface area contributed by atoms with Gasteiger partial charge in [0.05, 0.1) is 26.4 Å². The Morgan fingerprint density at radius 2 is 1.11 bits per heavy atom. The van der Waals surface area contributed by atoms with E-state index in [1.54, 1.807) is 12.2 Å². The van der Waals surface area contributed by atoms with Crippen molar-refractivity contribution in [1.29, 1.82) is 0 Å². The van der Waals surface area contributed by atoms with E-state index in [4.69, 9.17) is 28.4 Å². The molecule has 0 spiro atoms. The average Bonchev–Trinajstić information content (AvgIpc) is 2.88. The smallest absolute Gasteiger partial charge is 0.250 e. The number of rotatable bonds is 20. The third kappa shape index (κ3) is 13.3. The molecule has 0 aliphatic carbocycles. The van der Waals surface area contributed by atoms with Crippen LogP contribution in [0.2, 0.25) is 0 Å². The van der Waals surface area contributed by atoms with E-state index in [0.29, 0.717) is 24.7 Å². The van der Waals surface area contributed by atoms with E-state index in [2.05, 4.69) is 13.2 Å². The summed E-state index contributed by atoms with van der Waals surface area (Å²) in [6.07, 6.45) is 1.31. The van der Waals surface area contributed by atoms with Crippen molar-refractivity contribution in [2.45, 2.75) is 12.2 Å². The van der Waals surface area contributed by atoms with Crippen LogP contribution in [0.25, 0.3) is 0 Å². The van der Waals surface area contributed by atoms with Gasteiger partial charge in [-0.1, -0.05) is 48.6 Å². The van der Waals surface area contributed by atoms with E-state index >= 15 is 0 Å². The largest absolute Gasteiger partial charge is 0.491 e. The third-order valence-electron chi connectivity index (χ3n) is 4.46. The summed E-state index contributed by atoms with van der Waals surface area (Å²) in [6, 6.07) is 18.5. The Kier molecular flexibility index (Phi) is 14.0. The summed E-state index contributed by atoms with van der Waals surface area (Å²) in [7, 11) is -3.78. The lowest BCUT2D eigenvalue weighted by molar-refractivity contribution is -0.0271. The molecule has 2 aromatic carbocycles. The number of benzene rings is 2. The highest BCUT2D eigenvalue weighted by molar-refractivity contribution is 7.57. The van der Waals surface area contributed by atoms with Crippen LogP contribution in [0.15, 0.2) is 86.0 Å². The van der Waals surface area contributed by atoms with E-state index in [1.807, 2.05) is 60.7 Å². The van der Waals surface area contributed by atoms with Crippen LogP contribution in [0.3, 0.4) is 0 Å². The van der Waals surface area contributed by atoms with Crippen molar-refractivity contribution >= 4 is 7.37 Å². The van der Waals surface area contributed by atoms with Crippen molar-refractivity contribution < 1.29 is 37.9 Å². The molecule has 0 aliphatic rings. The molecule has 0 aromatic heterocycles. The molecule has 9 heteroatoms. The minimum Gasteiger partial charge on any atom is -0.491 e. The fourth-order valence-corrected chi connectivity index (χ4v) is 3.71. The SMILES string of the molecule is C=CCOCC(COc1ccccc1)OCP(=O)(O)COC(COCC=C)COc1ccccc1. The first-order valence-electron chi connectivity index (χ1n) is 11.3. The summed E-state index contributed by atoms with van der Waals surface area (Å²) in [5.74, 6) is 1.34. The molecule has 0 saturated carbocycles. The predicted octanol–water partition coefficient (Wildman–Crippen LogP) is 4.51. The van der Waals surface area contributed by atoms with Gasteiger partial charge in [0.1, 0.15) is 49.6 Å². The molecule has 35 heavy (non-hydrogen) atoms. The highest BCUT2D eigenvalue weighted by atomic mass is 31.2. The van der Waals surface area contributed by atoms with Gasteiger partial charge in [0.15, 0.2) is 0 Å². The summed E-state index contributed by atoms with van der Waals surface area (Å²) in [4.78, 5) is 10.4. The molecule has 8 nitrogen and oxygen atoms in total. The molecule has 0 saturated heterocycles. The molecule has 1 N–H and O–H groups in total. The molecule has 0 radical (unpaired) electrons. The molecule has 192 valence electrons. The maximum atomic E-state index is 12.7. The van der Waals surface area contributed by atoms with Crippen molar-refractivity contribution in [3.8, 4) is 11.5 Å². The zero-order valence-electron chi connectivity index (χ0n) is 19.9. The Balaban J connectivity index is 1.85. The lowest BCUT2D eigenvalue weighted by Crippen LogP contribution is -2.30. The van der Waals surface area contributed by atoms with Crippen molar-refractivity contribution in [2.24, 2.45) is 0 Å². The number of hydrogen-bond donors (Lipinski definition) is 1. The van der Waals surface area contributed by atoms with Gasteiger partial charge >= 0.3 is 0 Å². The van der Waals surface area contributed by atoms with Crippen LogP contribution in [0, 0.1) is 0 Å². The van der Waals surface area contributed by atoms with E-state index in [0.717, 1.165) is 0 Å². The molecule has 0 aliphatic heterocycles. The number of para-hydroxylation sites is 2. The summed E-state index contributed by atoms with van der Waals surface area (Å²) >= 11 is 0. The van der Waals surface area contributed by atoms with Gasteiger partial charge in [-0.3, -0.25) is 4.57 Å². The summed E-state index contributed by atoms with van der Waals surface area (Å²) < 4.78 is 46.5. The summed E-state index contributed by atoms with van der Waals surface area (Å²) in [6.45, 7) is 8.57. The highest BCUT2D eigenvalue weighted by Crippen LogP contribution is 2.41. The number of ether oxygens (including phenoxy) is 6. The van der Waals surface area contributed by atoms with Crippen LogP contribution < -0.4 is 9.47 Å². The van der Waals surface area contributed by atoms with Crippen LogP contribution >= 0.6 is 7.37 Å². The molecule has 0 amide bonds. The standard InChI is InChI=1S/C26H35O8P/c1-3-15-29-17-25(19-31-23-11-7-5-8-12-23)33-21-35(27,28)22-34-26(18-30-16-4-2)20-32-24-13-9-6-10-14-24/h3-14,25-26H,1-2,15-22H2,(H,27,28). The fourth-order valence-electron chi connectivity index (χ4n) is 2.75. The Morgan fingerprint density at radius 1 is 0.714 bits per heavy atom.